The number of phosphoric acid groups is 1. The average Bonchev–Trinajstić information content (AvgIpc) is 3.17. The van der Waals surface area contributed by atoms with E-state index in [1.165, 1.54) is 154 Å². The van der Waals surface area contributed by atoms with Gasteiger partial charge in [0.15, 0.2) is 6.10 Å². The predicted octanol–water partition coefficient (Wildman–Crippen LogP) is 12.3. The van der Waals surface area contributed by atoms with Gasteiger partial charge in [-0.25, -0.2) is 4.57 Å². The zero-order valence-electron chi connectivity index (χ0n) is 36.0. The Morgan fingerprint density at radius 1 is 0.482 bits per heavy atom. The van der Waals surface area contributed by atoms with Crippen LogP contribution in [-0.4, -0.2) is 59.9 Å². The summed E-state index contributed by atoms with van der Waals surface area (Å²) in [4.78, 5) is 45.8. The zero-order chi connectivity index (χ0) is 41.4. The molecule has 4 N–H and O–H groups in total. The fourth-order valence-electron chi connectivity index (χ4n) is 6.71. The molecule has 0 fully saturated rings. The van der Waals surface area contributed by atoms with Crippen LogP contribution in [0.1, 0.15) is 232 Å². The average molecular weight is 820 g/mol. The van der Waals surface area contributed by atoms with Crippen LogP contribution < -0.4 is 5.73 Å². The Bertz CT molecular complexity index is 968. The molecule has 0 aliphatic heterocycles. The summed E-state index contributed by atoms with van der Waals surface area (Å²) >= 11 is 0. The number of carbonyl (C=O) groups is 3. The van der Waals surface area contributed by atoms with Gasteiger partial charge < -0.3 is 25.2 Å². The van der Waals surface area contributed by atoms with E-state index in [9.17, 15) is 23.8 Å². The monoisotopic (exact) mass is 820 g/mol. The molecule has 56 heavy (non-hydrogen) atoms. The summed E-state index contributed by atoms with van der Waals surface area (Å²) in [6.45, 7) is 2.81. The highest BCUT2D eigenvalue weighted by atomic mass is 31.2. The number of phosphoric ester groups is 1. The predicted molar refractivity (Wildman–Crippen MR) is 227 cm³/mol. The summed E-state index contributed by atoms with van der Waals surface area (Å²) in [5.74, 6) is -2.36. The number of hydrogen-bond donors (Lipinski definition) is 3. The summed E-state index contributed by atoms with van der Waals surface area (Å²) in [5.41, 5.74) is 5.33. The van der Waals surface area contributed by atoms with E-state index in [1.54, 1.807) is 0 Å². The SMILES string of the molecule is CCCCCCCCCCCCCCCCCCCCCCCCCC(=O)OC[C@@H](COP(=O)(O)OC[C@H](N)C(=O)O)OC(=O)CCCCCCCCCCC. The van der Waals surface area contributed by atoms with Gasteiger partial charge in [-0.2, -0.15) is 0 Å². The van der Waals surface area contributed by atoms with Crippen LogP contribution in [0.5, 0.6) is 0 Å². The van der Waals surface area contributed by atoms with Crippen LogP contribution in [-0.2, 0) is 37.5 Å². The third-order valence-electron chi connectivity index (χ3n) is 10.4. The number of carboxylic acid groups (broad SMARTS) is 1. The second-order valence-corrected chi connectivity index (χ2v) is 17.4. The van der Waals surface area contributed by atoms with Gasteiger partial charge in [-0.15, -0.1) is 0 Å². The molecule has 1 unspecified atom stereocenters. The molecule has 0 saturated heterocycles. The fraction of sp³-hybridized carbons (Fsp3) is 0.932. The second-order valence-electron chi connectivity index (χ2n) is 15.9. The number of carboxylic acids is 1. The minimum absolute atomic E-state index is 0.167. The Morgan fingerprint density at radius 3 is 1.12 bits per heavy atom. The first-order valence-electron chi connectivity index (χ1n) is 23.1. The number of esters is 2. The first kappa shape index (κ1) is 54.5. The largest absolute Gasteiger partial charge is 0.480 e. The molecule has 0 rings (SSSR count). The first-order chi connectivity index (χ1) is 27.1. The van der Waals surface area contributed by atoms with Crippen LogP contribution in [0.3, 0.4) is 0 Å². The summed E-state index contributed by atoms with van der Waals surface area (Å²) in [6, 6.07) is -1.52. The minimum atomic E-state index is -4.70. The normalized spacial score (nSPS) is 13.6. The van der Waals surface area contributed by atoms with Crippen molar-refractivity contribution in [2.45, 2.75) is 244 Å². The van der Waals surface area contributed by atoms with Gasteiger partial charge in [-0.1, -0.05) is 206 Å². The lowest BCUT2D eigenvalue weighted by Crippen LogP contribution is -2.34. The van der Waals surface area contributed by atoms with Gasteiger partial charge in [-0.05, 0) is 12.8 Å². The van der Waals surface area contributed by atoms with E-state index in [0.29, 0.717) is 12.8 Å². The number of carbonyl (C=O) groups excluding carboxylic acids is 2. The molecule has 0 bridgehead atoms. The lowest BCUT2D eigenvalue weighted by atomic mass is 10.0. The van der Waals surface area contributed by atoms with Crippen molar-refractivity contribution in [2.75, 3.05) is 19.8 Å². The molecule has 3 atom stereocenters. The van der Waals surface area contributed by atoms with Crippen LogP contribution >= 0.6 is 7.82 Å². The third-order valence-corrected chi connectivity index (χ3v) is 11.3. The summed E-state index contributed by atoms with van der Waals surface area (Å²) in [7, 11) is -4.70. The molecule has 0 aliphatic carbocycles. The van der Waals surface area contributed by atoms with Crippen molar-refractivity contribution in [1.29, 1.82) is 0 Å². The van der Waals surface area contributed by atoms with Crippen molar-refractivity contribution in [3.8, 4) is 0 Å². The van der Waals surface area contributed by atoms with Gasteiger partial charge in [0, 0.05) is 12.8 Å². The van der Waals surface area contributed by atoms with Crippen molar-refractivity contribution >= 4 is 25.7 Å². The molecule has 0 saturated carbocycles. The second kappa shape index (κ2) is 40.3. The van der Waals surface area contributed by atoms with Gasteiger partial charge in [0.2, 0.25) is 0 Å². The first-order valence-corrected chi connectivity index (χ1v) is 24.6. The van der Waals surface area contributed by atoms with Crippen LogP contribution in [0, 0.1) is 0 Å². The van der Waals surface area contributed by atoms with E-state index in [2.05, 4.69) is 18.4 Å². The molecule has 11 nitrogen and oxygen atoms in total. The maximum absolute atomic E-state index is 12.5. The van der Waals surface area contributed by atoms with E-state index in [-0.39, 0.29) is 19.4 Å². The van der Waals surface area contributed by atoms with Crippen molar-refractivity contribution < 1.29 is 47.5 Å². The van der Waals surface area contributed by atoms with Crippen molar-refractivity contribution in [3.05, 3.63) is 0 Å². The van der Waals surface area contributed by atoms with Gasteiger partial charge in [0.1, 0.15) is 12.6 Å². The Balaban J connectivity index is 4.09. The van der Waals surface area contributed by atoms with Gasteiger partial charge in [-0.3, -0.25) is 23.4 Å². The minimum Gasteiger partial charge on any atom is -0.480 e. The number of nitrogens with two attached hydrogens (primary N) is 1. The maximum atomic E-state index is 12.5. The molecule has 0 radical (unpaired) electrons. The molecular formula is C44H86NO10P. The highest BCUT2D eigenvalue weighted by Gasteiger charge is 2.28. The molecule has 0 heterocycles. The number of rotatable bonds is 44. The van der Waals surface area contributed by atoms with Crippen molar-refractivity contribution in [3.63, 3.8) is 0 Å². The molecule has 0 aromatic heterocycles. The smallest absolute Gasteiger partial charge is 0.472 e. The van der Waals surface area contributed by atoms with Gasteiger partial charge >= 0.3 is 25.7 Å². The van der Waals surface area contributed by atoms with Gasteiger partial charge in [0.25, 0.3) is 0 Å². The zero-order valence-corrected chi connectivity index (χ0v) is 36.9. The number of ether oxygens (including phenoxy) is 2. The van der Waals surface area contributed by atoms with E-state index in [4.69, 9.17) is 24.8 Å². The number of hydrogen-bond acceptors (Lipinski definition) is 9. The van der Waals surface area contributed by atoms with Crippen LogP contribution in [0.4, 0.5) is 0 Å². The highest BCUT2D eigenvalue weighted by molar-refractivity contribution is 7.47. The molecular weight excluding hydrogens is 733 g/mol. The van der Waals surface area contributed by atoms with E-state index in [0.717, 1.165) is 38.5 Å². The van der Waals surface area contributed by atoms with Crippen LogP contribution in [0.2, 0.25) is 0 Å². The third kappa shape index (κ3) is 39.3. The molecule has 0 spiro atoms. The lowest BCUT2D eigenvalue weighted by molar-refractivity contribution is -0.161. The van der Waals surface area contributed by atoms with Crippen LogP contribution in [0.25, 0.3) is 0 Å². The molecule has 332 valence electrons. The topological polar surface area (TPSA) is 172 Å². The molecule has 0 aliphatic rings. The Kier molecular flexibility index (Phi) is 39.2. The van der Waals surface area contributed by atoms with E-state index >= 15 is 0 Å². The molecule has 12 heteroatoms. The van der Waals surface area contributed by atoms with Crippen LogP contribution in [0.15, 0.2) is 0 Å². The Morgan fingerprint density at radius 2 is 0.786 bits per heavy atom. The number of unbranched alkanes of at least 4 members (excludes halogenated alkanes) is 30. The number of aliphatic carboxylic acids is 1. The molecule has 0 aromatic rings. The van der Waals surface area contributed by atoms with Crippen molar-refractivity contribution in [1.82, 2.24) is 0 Å². The molecule has 0 aromatic carbocycles. The van der Waals surface area contributed by atoms with E-state index < -0.39 is 51.1 Å². The lowest BCUT2D eigenvalue weighted by Gasteiger charge is -2.20. The van der Waals surface area contributed by atoms with Gasteiger partial charge in [0.05, 0.1) is 13.2 Å². The highest BCUT2D eigenvalue weighted by Crippen LogP contribution is 2.43. The maximum Gasteiger partial charge on any atom is 0.472 e. The summed E-state index contributed by atoms with van der Waals surface area (Å²) in [6.07, 6.45) is 39.1. The van der Waals surface area contributed by atoms with Crippen molar-refractivity contribution in [2.24, 2.45) is 5.73 Å². The standard InChI is InChI=1S/C44H86NO10P/c1-3-5-7-9-11-13-14-15-16-17-18-19-20-21-22-23-24-25-26-28-29-31-33-35-42(46)52-37-40(38-53-56(50,51)54-39-41(45)44(48)49)55-43(47)36-34-32-30-27-12-10-8-6-4-2/h40-41H,3-39,45H2,1-2H3,(H,48,49)(H,50,51)/t40-,41-/m0/s1. The Hall–Kier alpha value is -1.52. The molecule has 0 amide bonds. The summed E-state index contributed by atoms with van der Waals surface area (Å²) in [5, 5.41) is 8.87. The quantitative estimate of drug-likeness (QED) is 0.0303. The fourth-order valence-corrected chi connectivity index (χ4v) is 7.49. The summed E-state index contributed by atoms with van der Waals surface area (Å²) < 4.78 is 32.6. The van der Waals surface area contributed by atoms with E-state index in [1.807, 2.05) is 0 Å². The Labute approximate surface area is 342 Å².